The van der Waals surface area contributed by atoms with Gasteiger partial charge in [-0.2, -0.15) is 0 Å². The van der Waals surface area contributed by atoms with E-state index in [9.17, 15) is 0 Å². The van der Waals surface area contributed by atoms with Crippen LogP contribution < -0.4 is 20.7 Å². The van der Waals surface area contributed by atoms with Crippen LogP contribution in [-0.2, 0) is 21.7 Å². The number of para-hydroxylation sites is 1. The molecule has 9 aromatic carbocycles. The first-order valence-electron chi connectivity index (χ1n) is 27.3. The van der Waals surface area contributed by atoms with Crippen molar-refractivity contribution in [2.75, 3.05) is 9.80 Å². The second-order valence-electron chi connectivity index (χ2n) is 25.4. The van der Waals surface area contributed by atoms with E-state index in [1.54, 1.807) is 0 Å². The summed E-state index contributed by atoms with van der Waals surface area (Å²) >= 11 is 1.94. The van der Waals surface area contributed by atoms with Gasteiger partial charge in [0.2, 0.25) is 0 Å². The number of nitrogens with zero attached hydrogens (tertiary/aromatic N) is 3. The maximum atomic E-state index is 2.79. The van der Waals surface area contributed by atoms with Gasteiger partial charge in [0, 0.05) is 66.0 Å². The normalized spacial score (nSPS) is 14.3. The number of hydrogen-bond acceptors (Lipinski definition) is 3. The van der Waals surface area contributed by atoms with Crippen LogP contribution in [0.4, 0.5) is 34.1 Å². The fraction of sp³-hybridized carbons (Fsp3) is 0.211. The lowest BCUT2D eigenvalue weighted by Gasteiger charge is -2.44. The second kappa shape index (κ2) is 16.2. The summed E-state index contributed by atoms with van der Waals surface area (Å²) in [7, 11) is 0. The van der Waals surface area contributed by atoms with Crippen LogP contribution in [-0.4, -0.2) is 11.3 Å². The van der Waals surface area contributed by atoms with Crippen molar-refractivity contribution in [3.05, 3.63) is 216 Å². The molecule has 0 unspecified atom stereocenters. The van der Waals surface area contributed by atoms with E-state index < -0.39 is 0 Å². The number of anilines is 6. The van der Waals surface area contributed by atoms with Crippen molar-refractivity contribution in [1.29, 1.82) is 0 Å². The number of rotatable bonds is 5. The molecule has 0 amide bonds. The second-order valence-corrected chi connectivity index (χ2v) is 26.4. The van der Waals surface area contributed by atoms with E-state index in [0.29, 0.717) is 0 Å². The first-order chi connectivity index (χ1) is 36.4. The molecule has 3 aliphatic rings. The number of aromatic nitrogens is 1. The minimum absolute atomic E-state index is 0.0223. The molecule has 14 rings (SSSR count). The van der Waals surface area contributed by atoms with E-state index in [1.807, 2.05) is 11.3 Å². The molecule has 3 nitrogen and oxygen atoms in total. The van der Waals surface area contributed by atoms with E-state index in [1.165, 1.54) is 120 Å². The summed E-state index contributed by atoms with van der Waals surface area (Å²) in [6.07, 6.45) is 0. The van der Waals surface area contributed by atoms with E-state index >= 15 is 0 Å². The lowest BCUT2D eigenvalue weighted by atomic mass is 9.44. The van der Waals surface area contributed by atoms with E-state index in [4.69, 9.17) is 0 Å². The third kappa shape index (κ3) is 6.80. The summed E-state index contributed by atoms with van der Waals surface area (Å²) in [5, 5.41) is 2.64. The Bertz CT molecular complexity index is 4130. The summed E-state index contributed by atoms with van der Waals surface area (Å²) in [5.41, 5.74) is 26.5. The number of fused-ring (bicyclic) bond motifs is 13. The first kappa shape index (κ1) is 46.9. The maximum Gasteiger partial charge on any atom is 0.333 e. The van der Waals surface area contributed by atoms with Gasteiger partial charge in [-0.1, -0.05) is 197 Å². The molecular formula is C71H64BN3S. The zero-order valence-electron chi connectivity index (χ0n) is 45.7. The molecule has 0 saturated carbocycles. The quantitative estimate of drug-likeness (QED) is 0.159. The van der Waals surface area contributed by atoms with Crippen molar-refractivity contribution >= 4 is 94.4 Å². The topological polar surface area (TPSA) is 11.4 Å². The standard InChI is InChI=1S/C71H64BN3S/c1-68(2,3)44-28-33-47(34-29-44)73(48-35-30-45(31-36-48)69(4,5)6)49-37-39-60-58(41-49)72-63-56(51-24-19-25-53-64(51)75(72)65-52-23-16-18-27-61(52)76-67(53)65)42-55-50-22-15-17-26-57(50)71(10,11)62(55)66(63)74(60)59-38-32-46(70(7,8)9)40-54(59)43-20-13-12-14-21-43/h12-42H,1-11H3. The third-order valence-corrected chi connectivity index (χ3v) is 18.4. The summed E-state index contributed by atoms with van der Waals surface area (Å²) < 4.78 is 5.46. The van der Waals surface area contributed by atoms with Gasteiger partial charge >= 0.3 is 6.85 Å². The van der Waals surface area contributed by atoms with Crippen molar-refractivity contribution in [3.8, 4) is 33.4 Å². The van der Waals surface area contributed by atoms with Gasteiger partial charge in [0.25, 0.3) is 0 Å². The highest BCUT2D eigenvalue weighted by molar-refractivity contribution is 7.27. The molecule has 0 spiro atoms. The molecule has 2 aliphatic heterocycles. The minimum Gasteiger partial charge on any atom is -0.374 e. The average Bonchev–Trinajstić information content (AvgIpc) is 4.22. The molecule has 0 fully saturated rings. The Morgan fingerprint density at radius 1 is 0.461 bits per heavy atom. The van der Waals surface area contributed by atoms with E-state index in [-0.39, 0.29) is 28.5 Å². The highest BCUT2D eigenvalue weighted by Crippen LogP contribution is 2.59. The van der Waals surface area contributed by atoms with Gasteiger partial charge in [0.1, 0.15) is 0 Å². The Balaban J connectivity index is 1.14. The zero-order chi connectivity index (χ0) is 52.4. The van der Waals surface area contributed by atoms with Crippen LogP contribution in [0.3, 0.4) is 0 Å². The monoisotopic (exact) mass is 1000 g/mol. The Labute approximate surface area is 453 Å². The zero-order valence-corrected chi connectivity index (χ0v) is 46.5. The number of thiophene rings is 1. The molecule has 372 valence electrons. The van der Waals surface area contributed by atoms with Crippen LogP contribution >= 0.6 is 11.3 Å². The summed E-state index contributed by atoms with van der Waals surface area (Å²) in [6.45, 7) is 25.6. The summed E-state index contributed by atoms with van der Waals surface area (Å²) in [4.78, 5) is 5.21. The molecule has 1 aliphatic carbocycles. The summed E-state index contributed by atoms with van der Waals surface area (Å²) in [6, 6.07) is 72.5. The molecule has 11 aromatic rings. The molecule has 0 atom stereocenters. The molecule has 0 N–H and O–H groups in total. The molecule has 0 saturated heterocycles. The predicted octanol–water partition coefficient (Wildman–Crippen LogP) is 18.8. The lowest BCUT2D eigenvalue weighted by Crippen LogP contribution is -2.57. The van der Waals surface area contributed by atoms with Crippen molar-refractivity contribution in [2.24, 2.45) is 0 Å². The van der Waals surface area contributed by atoms with Gasteiger partial charge in [0.05, 0.1) is 15.9 Å². The highest BCUT2D eigenvalue weighted by Gasteiger charge is 2.49. The lowest BCUT2D eigenvalue weighted by molar-refractivity contribution is 0.590. The van der Waals surface area contributed by atoms with Crippen LogP contribution in [0, 0.1) is 0 Å². The van der Waals surface area contributed by atoms with Crippen molar-refractivity contribution < 1.29 is 0 Å². The van der Waals surface area contributed by atoms with Gasteiger partial charge in [-0.05, 0) is 144 Å². The first-order valence-corrected chi connectivity index (χ1v) is 28.1. The van der Waals surface area contributed by atoms with Gasteiger partial charge < -0.3 is 14.3 Å². The highest BCUT2D eigenvalue weighted by atomic mass is 32.1. The SMILES string of the molecule is CC(C)(C)c1ccc(N(c2ccc(C(C)(C)C)cc2)c2ccc3c(c2)B2c4c(cc5c(c4N3c3ccc(C(C)(C)C)cc3-c3ccccc3)C(C)(C)c3ccccc3-5)-c3cccc4c5sc6ccccc6c5n2c34)cc1. The predicted molar refractivity (Wildman–Crippen MR) is 329 cm³/mol. The van der Waals surface area contributed by atoms with Gasteiger partial charge in [-0.15, -0.1) is 11.3 Å². The van der Waals surface area contributed by atoms with E-state index in [2.05, 4.69) is 278 Å². The molecule has 0 bridgehead atoms. The molecule has 4 heterocycles. The molecular weight excluding hydrogens is 938 g/mol. The minimum atomic E-state index is -0.308. The van der Waals surface area contributed by atoms with Crippen LogP contribution in [0.15, 0.2) is 188 Å². The van der Waals surface area contributed by atoms with E-state index in [0.717, 1.165) is 17.1 Å². The van der Waals surface area contributed by atoms with Crippen LogP contribution in [0.2, 0.25) is 0 Å². The largest absolute Gasteiger partial charge is 0.374 e. The average molecular weight is 1000 g/mol. The van der Waals surface area contributed by atoms with Crippen LogP contribution in [0.25, 0.3) is 64.6 Å². The maximum absolute atomic E-state index is 2.79. The summed E-state index contributed by atoms with van der Waals surface area (Å²) in [5.74, 6) is 0. The van der Waals surface area contributed by atoms with Gasteiger partial charge in [0.15, 0.2) is 0 Å². The van der Waals surface area contributed by atoms with Crippen LogP contribution in [0.1, 0.15) is 104 Å². The number of benzene rings is 9. The van der Waals surface area contributed by atoms with Crippen molar-refractivity contribution in [3.63, 3.8) is 0 Å². The van der Waals surface area contributed by atoms with Crippen molar-refractivity contribution in [2.45, 2.75) is 97.8 Å². The molecule has 2 aromatic heterocycles. The Kier molecular flexibility index (Phi) is 10.0. The molecule has 0 radical (unpaired) electrons. The van der Waals surface area contributed by atoms with Gasteiger partial charge in [-0.3, -0.25) is 0 Å². The fourth-order valence-corrected chi connectivity index (χ4v) is 14.5. The fourth-order valence-electron chi connectivity index (χ4n) is 13.3. The van der Waals surface area contributed by atoms with Crippen LogP contribution in [0.5, 0.6) is 0 Å². The Hall–Kier alpha value is -7.60. The molecule has 76 heavy (non-hydrogen) atoms. The smallest absolute Gasteiger partial charge is 0.333 e. The third-order valence-electron chi connectivity index (χ3n) is 17.2. The van der Waals surface area contributed by atoms with Crippen molar-refractivity contribution in [1.82, 2.24) is 4.48 Å². The molecule has 5 heteroatoms. The van der Waals surface area contributed by atoms with Gasteiger partial charge in [-0.25, -0.2) is 0 Å². The Morgan fingerprint density at radius 2 is 1.04 bits per heavy atom. The Morgan fingerprint density at radius 3 is 1.72 bits per heavy atom. The number of hydrogen-bond donors (Lipinski definition) is 0.